The first-order valence-electron chi connectivity index (χ1n) is 12.4. The summed E-state index contributed by atoms with van der Waals surface area (Å²) in [6, 6.07) is 17.5. The largest absolute Gasteiger partial charge is 1.00 e. The molecule has 0 aromatic heterocycles. The van der Waals surface area contributed by atoms with Crippen LogP contribution in [0, 0.1) is 10.1 Å². The number of amidine groups is 1. The first kappa shape index (κ1) is 39.1. The van der Waals surface area contributed by atoms with Gasteiger partial charge in [-0.3, -0.25) is 20.1 Å². The Hall–Kier alpha value is -3.32. The van der Waals surface area contributed by atoms with Gasteiger partial charge in [-0.25, -0.2) is 16.8 Å². The Kier molecular flexibility index (Phi) is 12.3. The molecule has 0 spiro atoms. The smallest absolute Gasteiger partial charge is 0.744 e. The van der Waals surface area contributed by atoms with Gasteiger partial charge in [0, 0.05) is 17.7 Å². The van der Waals surface area contributed by atoms with E-state index in [1.807, 2.05) is 0 Å². The fourth-order valence-electron chi connectivity index (χ4n) is 4.09. The number of non-ortho nitro benzene ring substituents is 1. The first-order valence-corrected chi connectivity index (χ1v) is 16.6. The van der Waals surface area contributed by atoms with Gasteiger partial charge in [0.25, 0.3) is 15.8 Å². The SMILES string of the molecule is O=[N+]([O-])c1ccc(N2N=C(c3ccccc3S(=O)(=O)O)NN2c2ccc(N=Nc3ccc(S(=O)(=O)[O-])cc3)cc2S(=O)(=O)[O-])cc1.[Na+].[Na+]. The molecule has 0 bridgehead atoms. The van der Waals surface area contributed by atoms with Crippen molar-refractivity contribution in [3.8, 4) is 0 Å². The van der Waals surface area contributed by atoms with Gasteiger partial charge in [0.2, 0.25) is 0 Å². The molecule has 18 nitrogen and oxygen atoms in total. The zero-order valence-corrected chi connectivity index (χ0v) is 31.0. The minimum absolute atomic E-state index is 0. The number of benzene rings is 4. The van der Waals surface area contributed by atoms with Gasteiger partial charge in [-0.05, 0) is 66.7 Å². The fourth-order valence-corrected chi connectivity index (χ4v) is 5.93. The summed E-state index contributed by atoms with van der Waals surface area (Å²) < 4.78 is 105. The van der Waals surface area contributed by atoms with E-state index < -0.39 is 50.0 Å². The molecular formula is C25H17N7Na2O11S3. The second kappa shape index (κ2) is 15.1. The molecule has 0 amide bonds. The normalized spacial score (nSPS) is 13.4. The van der Waals surface area contributed by atoms with Crippen LogP contribution in [0.2, 0.25) is 0 Å². The number of hydrazine groups is 2. The molecule has 238 valence electrons. The topological polar surface area (TPSA) is 268 Å². The maximum Gasteiger partial charge on any atom is 1.00 e. The number of anilines is 2. The maximum atomic E-state index is 12.5. The number of nitro benzene ring substituents is 1. The second-order valence-electron chi connectivity index (χ2n) is 9.16. The average Bonchev–Trinajstić information content (AvgIpc) is 3.44. The van der Waals surface area contributed by atoms with Crippen molar-refractivity contribution in [2.45, 2.75) is 14.7 Å². The van der Waals surface area contributed by atoms with E-state index in [1.54, 1.807) is 0 Å². The van der Waals surface area contributed by atoms with Crippen LogP contribution in [0.4, 0.5) is 28.4 Å². The van der Waals surface area contributed by atoms with E-state index in [4.69, 9.17) is 0 Å². The molecule has 0 saturated carbocycles. The van der Waals surface area contributed by atoms with Gasteiger partial charge in [-0.15, -0.1) is 5.10 Å². The summed E-state index contributed by atoms with van der Waals surface area (Å²) in [7, 11) is -14.7. The molecule has 0 fully saturated rings. The Morgan fingerprint density at radius 2 is 1.33 bits per heavy atom. The molecule has 0 aliphatic carbocycles. The summed E-state index contributed by atoms with van der Waals surface area (Å²) in [5, 5.41) is 25.1. The van der Waals surface area contributed by atoms with Crippen LogP contribution in [-0.4, -0.2) is 49.7 Å². The van der Waals surface area contributed by atoms with Gasteiger partial charge in [0.1, 0.15) is 30.8 Å². The fraction of sp³-hybridized carbons (Fsp3) is 0. The van der Waals surface area contributed by atoms with E-state index >= 15 is 0 Å². The van der Waals surface area contributed by atoms with Crippen molar-refractivity contribution in [1.29, 1.82) is 0 Å². The van der Waals surface area contributed by atoms with Crippen molar-refractivity contribution in [3.63, 3.8) is 0 Å². The third kappa shape index (κ3) is 8.82. The van der Waals surface area contributed by atoms with Gasteiger partial charge < -0.3 is 9.11 Å². The second-order valence-corrected chi connectivity index (χ2v) is 13.3. The van der Waals surface area contributed by atoms with Crippen LogP contribution in [-0.2, 0) is 30.4 Å². The van der Waals surface area contributed by atoms with E-state index in [9.17, 15) is 49.0 Å². The minimum atomic E-state index is -5.27. The number of rotatable bonds is 9. The Balaban J connectivity index is 0.00000312. The summed E-state index contributed by atoms with van der Waals surface area (Å²) in [4.78, 5) is 8.61. The van der Waals surface area contributed by atoms with Gasteiger partial charge in [-0.2, -0.15) is 28.9 Å². The zero-order valence-electron chi connectivity index (χ0n) is 24.6. The molecule has 1 aliphatic rings. The Morgan fingerprint density at radius 3 is 1.90 bits per heavy atom. The molecular weight excluding hydrogens is 716 g/mol. The van der Waals surface area contributed by atoms with Crippen molar-refractivity contribution >= 4 is 64.6 Å². The molecule has 2 N–H and O–H groups in total. The van der Waals surface area contributed by atoms with Crippen LogP contribution in [0.1, 0.15) is 5.56 Å². The van der Waals surface area contributed by atoms with E-state index in [1.165, 1.54) is 48.5 Å². The van der Waals surface area contributed by atoms with Crippen LogP contribution in [0.3, 0.4) is 0 Å². The zero-order chi connectivity index (χ0) is 33.4. The number of hydrazone groups is 1. The van der Waals surface area contributed by atoms with Crippen molar-refractivity contribution in [2.75, 3.05) is 10.2 Å². The Labute approximate surface area is 317 Å². The summed E-state index contributed by atoms with van der Waals surface area (Å²) in [6.45, 7) is 0. The molecule has 0 saturated heterocycles. The monoisotopic (exact) mass is 733 g/mol. The quantitative estimate of drug-likeness (QED) is 0.0578. The maximum absolute atomic E-state index is 12.5. The molecule has 48 heavy (non-hydrogen) atoms. The van der Waals surface area contributed by atoms with Crippen molar-refractivity contribution in [1.82, 2.24) is 5.43 Å². The summed E-state index contributed by atoms with van der Waals surface area (Å²) >= 11 is 0. The minimum Gasteiger partial charge on any atom is -0.744 e. The van der Waals surface area contributed by atoms with Gasteiger partial charge in [0.15, 0.2) is 5.84 Å². The van der Waals surface area contributed by atoms with E-state index in [2.05, 4.69) is 20.8 Å². The van der Waals surface area contributed by atoms with Crippen LogP contribution < -0.4 is 74.8 Å². The van der Waals surface area contributed by atoms with Gasteiger partial charge in [-0.1, -0.05) is 12.1 Å². The van der Waals surface area contributed by atoms with Gasteiger partial charge in [0.05, 0.1) is 31.8 Å². The Morgan fingerprint density at radius 1 is 0.750 bits per heavy atom. The van der Waals surface area contributed by atoms with Crippen LogP contribution in [0.25, 0.3) is 0 Å². The molecule has 5 rings (SSSR count). The molecule has 23 heteroatoms. The van der Waals surface area contributed by atoms with Crippen molar-refractivity contribution < 1.29 is 103 Å². The number of nitrogens with zero attached hydrogens (tertiary/aromatic N) is 6. The van der Waals surface area contributed by atoms with E-state index in [0.717, 1.165) is 52.7 Å². The number of azo groups is 1. The number of nitro groups is 1. The van der Waals surface area contributed by atoms with Crippen LogP contribution in [0.5, 0.6) is 0 Å². The molecule has 4 aromatic rings. The predicted octanol–water partition coefficient (Wildman–Crippen LogP) is -2.82. The first-order chi connectivity index (χ1) is 21.5. The number of hydrogen-bond donors (Lipinski definition) is 2. The molecule has 0 unspecified atom stereocenters. The van der Waals surface area contributed by atoms with E-state index in [0.29, 0.717) is 0 Å². The average molecular weight is 734 g/mol. The molecule has 1 aliphatic heterocycles. The summed E-state index contributed by atoms with van der Waals surface area (Å²) in [5.41, 5.74) is 1.96. The van der Waals surface area contributed by atoms with Crippen molar-refractivity contribution in [2.24, 2.45) is 15.3 Å². The van der Waals surface area contributed by atoms with E-state index in [-0.39, 0.29) is 99.0 Å². The Bertz CT molecular complexity index is 2260. The molecule has 1 heterocycles. The van der Waals surface area contributed by atoms with Crippen LogP contribution >= 0.6 is 0 Å². The molecule has 4 aromatic carbocycles. The predicted molar refractivity (Wildman–Crippen MR) is 157 cm³/mol. The summed E-state index contributed by atoms with van der Waals surface area (Å²) in [6.07, 6.45) is 0. The third-order valence-electron chi connectivity index (χ3n) is 6.15. The van der Waals surface area contributed by atoms with Gasteiger partial charge >= 0.3 is 59.1 Å². The number of nitrogens with one attached hydrogen (secondary N) is 1. The molecule has 0 radical (unpaired) electrons. The third-order valence-corrected chi connectivity index (χ3v) is 8.78. The van der Waals surface area contributed by atoms with Crippen LogP contribution in [0.15, 0.2) is 121 Å². The standard InChI is InChI=1S/C25H19N7O11S3.2Na/c33-32(34)19-10-8-18(9-11-19)30-28-25(21-3-1-2-4-23(21)45(38,39)40)29-31(30)22-14-7-17(15-24(22)46(41,42)43)27-26-16-5-12-20(13-6-16)44(35,36)37;;/h1-15H,(H,28,29)(H,35,36,37)(H,38,39,40)(H,41,42,43);;/q;2*+1/p-2. The number of hydrogen-bond acceptors (Lipinski definition) is 16. The molecule has 0 atom stereocenters. The summed E-state index contributed by atoms with van der Waals surface area (Å²) in [5.74, 6) is -0.229. The van der Waals surface area contributed by atoms with Crippen molar-refractivity contribution in [3.05, 3.63) is 107 Å².